The number of nitrogens with one attached hydrogen (secondary N) is 1. The molecular weight excluding hydrogens is 264 g/mol. The molecule has 0 radical (unpaired) electrons. The minimum atomic E-state index is 0.584. The maximum atomic E-state index is 4.45. The normalized spacial score (nSPS) is 25.4. The molecule has 0 bridgehead atoms. The number of halogens is 1. The fourth-order valence-corrected chi connectivity index (χ4v) is 2.92. The van der Waals surface area contributed by atoms with Crippen LogP contribution in [-0.4, -0.2) is 11.0 Å². The van der Waals surface area contributed by atoms with Crippen LogP contribution in [0.25, 0.3) is 0 Å². The van der Waals surface area contributed by atoms with Gasteiger partial charge in [0.25, 0.3) is 0 Å². The molecule has 1 aliphatic rings. The second-order valence-corrected chi connectivity index (χ2v) is 5.71. The third-order valence-corrected chi connectivity index (χ3v) is 4.02. The van der Waals surface area contributed by atoms with Gasteiger partial charge in [-0.05, 0) is 53.2 Å². The second kappa shape index (κ2) is 5.17. The highest BCUT2D eigenvalue weighted by atomic mass is 79.9. The molecule has 2 rings (SSSR count). The summed E-state index contributed by atoms with van der Waals surface area (Å²) in [7, 11) is 0. The third-order valence-electron chi connectivity index (χ3n) is 3.41. The fraction of sp³-hybridized carbons (Fsp3) is 0.615. The van der Waals surface area contributed by atoms with E-state index in [9.17, 15) is 0 Å². The first-order valence-corrected chi connectivity index (χ1v) is 6.85. The second-order valence-electron chi connectivity index (χ2n) is 4.86. The average molecular weight is 283 g/mol. The van der Waals surface area contributed by atoms with Gasteiger partial charge in [0, 0.05) is 12.2 Å². The van der Waals surface area contributed by atoms with Gasteiger partial charge >= 0.3 is 0 Å². The van der Waals surface area contributed by atoms with E-state index >= 15 is 0 Å². The van der Waals surface area contributed by atoms with Crippen molar-refractivity contribution in [1.29, 1.82) is 0 Å². The van der Waals surface area contributed by atoms with Gasteiger partial charge in [-0.15, -0.1) is 0 Å². The number of rotatable bonds is 2. The van der Waals surface area contributed by atoms with E-state index in [1.54, 1.807) is 0 Å². The summed E-state index contributed by atoms with van der Waals surface area (Å²) in [6.07, 6.45) is 7.23. The Labute approximate surface area is 106 Å². The van der Waals surface area contributed by atoms with E-state index in [0.29, 0.717) is 6.04 Å². The Bertz CT molecular complexity index is 365. The molecule has 0 aliphatic heterocycles. The van der Waals surface area contributed by atoms with Crippen LogP contribution in [0.15, 0.2) is 16.7 Å². The van der Waals surface area contributed by atoms with Gasteiger partial charge in [-0.3, -0.25) is 0 Å². The molecule has 1 saturated carbocycles. The summed E-state index contributed by atoms with van der Waals surface area (Å²) in [4.78, 5) is 4.45. The van der Waals surface area contributed by atoms with Crippen LogP contribution < -0.4 is 5.32 Å². The van der Waals surface area contributed by atoms with Crippen molar-refractivity contribution in [2.75, 3.05) is 5.32 Å². The topological polar surface area (TPSA) is 24.9 Å². The monoisotopic (exact) mass is 282 g/mol. The smallest absolute Gasteiger partial charge is 0.140 e. The Morgan fingerprint density at radius 1 is 1.38 bits per heavy atom. The number of aryl methyl sites for hydroxylation is 1. The van der Waals surface area contributed by atoms with Crippen molar-refractivity contribution in [2.24, 2.45) is 5.92 Å². The summed E-state index contributed by atoms with van der Waals surface area (Å²) in [5, 5.41) is 3.57. The summed E-state index contributed by atoms with van der Waals surface area (Å²) in [6.45, 7) is 4.39. The third kappa shape index (κ3) is 2.76. The summed E-state index contributed by atoms with van der Waals surface area (Å²) in [5.74, 6) is 1.74. The molecule has 1 fully saturated rings. The van der Waals surface area contributed by atoms with E-state index < -0.39 is 0 Å². The quantitative estimate of drug-likeness (QED) is 0.882. The number of anilines is 1. The van der Waals surface area contributed by atoms with Crippen LogP contribution in [0, 0.1) is 12.8 Å². The number of hydrogen-bond acceptors (Lipinski definition) is 2. The predicted molar refractivity (Wildman–Crippen MR) is 71.7 cm³/mol. The molecule has 16 heavy (non-hydrogen) atoms. The molecule has 2 unspecified atom stereocenters. The molecule has 0 saturated heterocycles. The van der Waals surface area contributed by atoms with Gasteiger partial charge in [-0.2, -0.15) is 0 Å². The van der Waals surface area contributed by atoms with E-state index in [2.05, 4.69) is 46.1 Å². The highest BCUT2D eigenvalue weighted by molar-refractivity contribution is 9.10. The number of nitrogens with zero attached hydrogens (tertiary/aromatic N) is 1. The van der Waals surface area contributed by atoms with Crippen molar-refractivity contribution in [2.45, 2.75) is 45.6 Å². The van der Waals surface area contributed by atoms with Gasteiger partial charge in [-0.25, -0.2) is 4.98 Å². The van der Waals surface area contributed by atoms with E-state index in [0.717, 1.165) is 16.2 Å². The lowest BCUT2D eigenvalue weighted by atomic mass is 9.86. The van der Waals surface area contributed by atoms with Gasteiger partial charge in [0.1, 0.15) is 5.82 Å². The SMILES string of the molecule is Cc1cnc(NC2CCCCC2C)c(Br)c1. The molecule has 1 aromatic heterocycles. The standard InChI is InChI=1S/C13H19BrN2/c1-9-7-11(14)13(15-8-9)16-12-6-4-3-5-10(12)2/h7-8,10,12H,3-6H2,1-2H3,(H,15,16). The molecule has 0 amide bonds. The summed E-state index contributed by atoms with van der Waals surface area (Å²) in [6, 6.07) is 2.70. The Morgan fingerprint density at radius 2 is 2.12 bits per heavy atom. The van der Waals surface area contributed by atoms with Crippen molar-refractivity contribution in [1.82, 2.24) is 4.98 Å². The van der Waals surface area contributed by atoms with Crippen molar-refractivity contribution in [3.05, 3.63) is 22.3 Å². The Kier molecular flexibility index (Phi) is 3.85. The van der Waals surface area contributed by atoms with Crippen molar-refractivity contribution in [3.63, 3.8) is 0 Å². The van der Waals surface area contributed by atoms with E-state index in [-0.39, 0.29) is 0 Å². The zero-order valence-corrected chi connectivity index (χ0v) is 11.5. The van der Waals surface area contributed by atoms with Gasteiger partial charge < -0.3 is 5.32 Å². The van der Waals surface area contributed by atoms with Crippen molar-refractivity contribution >= 4 is 21.7 Å². The molecule has 1 heterocycles. The fourth-order valence-electron chi connectivity index (χ4n) is 2.35. The van der Waals surface area contributed by atoms with Crippen LogP contribution >= 0.6 is 15.9 Å². The lowest BCUT2D eigenvalue weighted by Gasteiger charge is -2.30. The van der Waals surface area contributed by atoms with Crippen LogP contribution in [0.4, 0.5) is 5.82 Å². The zero-order valence-electron chi connectivity index (χ0n) is 9.96. The van der Waals surface area contributed by atoms with Gasteiger partial charge in [-0.1, -0.05) is 19.8 Å². The number of pyridine rings is 1. The molecule has 2 atom stereocenters. The summed E-state index contributed by atoms with van der Waals surface area (Å²) < 4.78 is 1.07. The first kappa shape index (κ1) is 11.9. The van der Waals surface area contributed by atoms with Crippen molar-refractivity contribution in [3.8, 4) is 0 Å². The molecule has 0 aromatic carbocycles. The molecule has 1 N–H and O–H groups in total. The molecular formula is C13H19BrN2. The maximum Gasteiger partial charge on any atom is 0.140 e. The Hall–Kier alpha value is -0.570. The van der Waals surface area contributed by atoms with Crippen molar-refractivity contribution < 1.29 is 0 Å². The summed E-state index contributed by atoms with van der Waals surface area (Å²) >= 11 is 3.57. The molecule has 1 aromatic rings. The maximum absolute atomic E-state index is 4.45. The van der Waals surface area contributed by atoms with Gasteiger partial charge in [0.05, 0.1) is 4.47 Å². The highest BCUT2D eigenvalue weighted by Crippen LogP contribution is 2.29. The van der Waals surface area contributed by atoms with Crippen LogP contribution in [0.5, 0.6) is 0 Å². The largest absolute Gasteiger partial charge is 0.366 e. The minimum absolute atomic E-state index is 0.584. The van der Waals surface area contributed by atoms with E-state index in [1.165, 1.54) is 31.2 Å². The first-order chi connectivity index (χ1) is 7.66. The number of hydrogen-bond donors (Lipinski definition) is 1. The lowest BCUT2D eigenvalue weighted by Crippen LogP contribution is -2.30. The van der Waals surface area contributed by atoms with Crippen LogP contribution in [0.3, 0.4) is 0 Å². The van der Waals surface area contributed by atoms with Gasteiger partial charge in [0.2, 0.25) is 0 Å². The Balaban J connectivity index is 2.07. The molecule has 0 spiro atoms. The highest BCUT2D eigenvalue weighted by Gasteiger charge is 2.21. The summed E-state index contributed by atoms with van der Waals surface area (Å²) in [5.41, 5.74) is 1.19. The van der Waals surface area contributed by atoms with E-state index in [4.69, 9.17) is 0 Å². The average Bonchev–Trinajstić information content (AvgIpc) is 2.25. The van der Waals surface area contributed by atoms with E-state index in [1.807, 2.05) is 6.20 Å². The minimum Gasteiger partial charge on any atom is -0.366 e. The Morgan fingerprint density at radius 3 is 2.81 bits per heavy atom. The molecule has 1 aliphatic carbocycles. The zero-order chi connectivity index (χ0) is 11.5. The van der Waals surface area contributed by atoms with Crippen LogP contribution in [-0.2, 0) is 0 Å². The molecule has 3 heteroatoms. The van der Waals surface area contributed by atoms with Gasteiger partial charge in [0.15, 0.2) is 0 Å². The lowest BCUT2D eigenvalue weighted by molar-refractivity contribution is 0.349. The molecule has 88 valence electrons. The molecule has 2 nitrogen and oxygen atoms in total. The van der Waals surface area contributed by atoms with Crippen LogP contribution in [0.2, 0.25) is 0 Å². The first-order valence-electron chi connectivity index (χ1n) is 6.05. The van der Waals surface area contributed by atoms with Crippen LogP contribution in [0.1, 0.15) is 38.2 Å². The predicted octanol–water partition coefficient (Wildman–Crippen LogP) is 4.14. The number of aromatic nitrogens is 1.